The number of rotatable bonds is 2. The first-order valence-electron chi connectivity index (χ1n) is 6.96. The highest BCUT2D eigenvalue weighted by Crippen LogP contribution is 2.33. The third-order valence-corrected chi connectivity index (χ3v) is 3.64. The zero-order chi connectivity index (χ0) is 15.2. The van der Waals surface area contributed by atoms with Gasteiger partial charge in [0.1, 0.15) is 5.82 Å². The van der Waals surface area contributed by atoms with Crippen LogP contribution in [0.25, 0.3) is 0 Å². The van der Waals surface area contributed by atoms with E-state index in [1.54, 1.807) is 0 Å². The molecule has 0 spiro atoms. The molecule has 5 nitrogen and oxygen atoms in total. The van der Waals surface area contributed by atoms with Crippen LogP contribution < -0.4 is 0 Å². The van der Waals surface area contributed by atoms with Gasteiger partial charge in [-0.15, -0.1) is 0 Å². The highest BCUT2D eigenvalue weighted by atomic mass is 35.5. The molecule has 2 rings (SSSR count). The van der Waals surface area contributed by atoms with Gasteiger partial charge in [0.05, 0.1) is 28.7 Å². The summed E-state index contributed by atoms with van der Waals surface area (Å²) >= 11 is 5.61. The van der Waals surface area contributed by atoms with E-state index in [0.717, 1.165) is 44.2 Å². The van der Waals surface area contributed by atoms with Gasteiger partial charge in [0.25, 0.3) is 5.69 Å². The van der Waals surface area contributed by atoms with Gasteiger partial charge in [0.15, 0.2) is 6.29 Å². The Labute approximate surface area is 127 Å². The molecule has 0 aromatic heterocycles. The first kappa shape index (κ1) is 16.1. The Morgan fingerprint density at radius 1 is 1.14 bits per heavy atom. The van der Waals surface area contributed by atoms with Crippen LogP contribution in [0.4, 0.5) is 10.1 Å². The van der Waals surface area contributed by atoms with Crippen LogP contribution in [0.1, 0.15) is 44.0 Å². The Balaban J connectivity index is 2.27. The van der Waals surface area contributed by atoms with Crippen molar-refractivity contribution in [3.05, 3.63) is 38.7 Å². The number of hydrogen-bond acceptors (Lipinski definition) is 4. The second-order valence-electron chi connectivity index (χ2n) is 4.92. The Hall–Kier alpha value is -1.24. The minimum atomic E-state index is -0.935. The zero-order valence-electron chi connectivity index (χ0n) is 11.5. The zero-order valence-corrected chi connectivity index (χ0v) is 12.3. The summed E-state index contributed by atoms with van der Waals surface area (Å²) in [6.45, 7) is 0.845. The van der Waals surface area contributed by atoms with Gasteiger partial charge in [-0.25, -0.2) is 4.39 Å². The lowest BCUT2D eigenvalue weighted by atomic mass is 10.1. The Kier molecular flexibility index (Phi) is 5.90. The van der Waals surface area contributed by atoms with Gasteiger partial charge in [0.2, 0.25) is 0 Å². The van der Waals surface area contributed by atoms with E-state index in [1.807, 2.05) is 0 Å². The summed E-state index contributed by atoms with van der Waals surface area (Å²) < 4.78 is 24.7. The van der Waals surface area contributed by atoms with E-state index in [-0.39, 0.29) is 16.3 Å². The monoisotopic (exact) mass is 317 g/mol. The minimum Gasteiger partial charge on any atom is -0.348 e. The van der Waals surface area contributed by atoms with Crippen LogP contribution in [0, 0.1) is 15.9 Å². The second-order valence-corrected chi connectivity index (χ2v) is 5.33. The molecule has 0 N–H and O–H groups in total. The van der Waals surface area contributed by atoms with Crippen molar-refractivity contribution in [3.8, 4) is 0 Å². The van der Waals surface area contributed by atoms with Crippen molar-refractivity contribution >= 4 is 17.3 Å². The molecule has 0 saturated carbocycles. The second kappa shape index (κ2) is 7.68. The lowest BCUT2D eigenvalue weighted by Crippen LogP contribution is -2.14. The van der Waals surface area contributed by atoms with Crippen LogP contribution in [-0.2, 0) is 9.47 Å². The highest BCUT2D eigenvalue weighted by molar-refractivity contribution is 6.31. The average Bonchev–Trinajstić information content (AvgIpc) is 2.47. The molecule has 1 aliphatic rings. The fourth-order valence-corrected chi connectivity index (χ4v) is 2.40. The lowest BCUT2D eigenvalue weighted by Gasteiger charge is -2.20. The molecule has 21 heavy (non-hydrogen) atoms. The van der Waals surface area contributed by atoms with Gasteiger partial charge in [-0.2, -0.15) is 0 Å². The summed E-state index contributed by atoms with van der Waals surface area (Å²) in [4.78, 5) is 10.5. The molecule has 0 bridgehead atoms. The number of halogens is 2. The molecule has 0 unspecified atom stereocenters. The first-order chi connectivity index (χ1) is 10.1. The predicted molar refractivity (Wildman–Crippen MR) is 75.8 cm³/mol. The fourth-order valence-electron chi connectivity index (χ4n) is 2.24. The maximum Gasteiger partial charge on any atom is 0.279 e. The van der Waals surface area contributed by atoms with Gasteiger partial charge in [-0.05, 0) is 18.9 Å². The van der Waals surface area contributed by atoms with Crippen molar-refractivity contribution in [2.24, 2.45) is 0 Å². The molecule has 1 saturated heterocycles. The van der Waals surface area contributed by atoms with Gasteiger partial charge in [-0.3, -0.25) is 10.1 Å². The van der Waals surface area contributed by atoms with Gasteiger partial charge in [0, 0.05) is 6.07 Å². The van der Waals surface area contributed by atoms with E-state index in [1.165, 1.54) is 0 Å². The third-order valence-electron chi connectivity index (χ3n) is 3.35. The Bertz CT molecular complexity index is 502. The number of ether oxygens (including phenoxy) is 2. The normalized spacial score (nSPS) is 18.4. The number of nitro groups is 1. The molecule has 1 aromatic rings. The summed E-state index contributed by atoms with van der Waals surface area (Å²) in [7, 11) is 0. The van der Waals surface area contributed by atoms with Crippen LogP contribution in [-0.4, -0.2) is 18.1 Å². The summed E-state index contributed by atoms with van der Waals surface area (Å²) in [6.07, 6.45) is 3.98. The van der Waals surface area contributed by atoms with E-state index in [4.69, 9.17) is 21.1 Å². The standard InChI is InChI=1S/C14H17ClFNO4/c15-11-9-13(17(18)19)10(8-12(11)16)14-20-6-4-2-1-3-5-7-21-14/h8-9,14H,1-7H2. The van der Waals surface area contributed by atoms with Crippen LogP contribution in [0.5, 0.6) is 0 Å². The van der Waals surface area contributed by atoms with Crippen molar-refractivity contribution in [2.75, 3.05) is 13.2 Å². The van der Waals surface area contributed by atoms with Crippen LogP contribution in [0.3, 0.4) is 0 Å². The molecule has 7 heteroatoms. The highest BCUT2D eigenvalue weighted by Gasteiger charge is 2.26. The van der Waals surface area contributed by atoms with Gasteiger partial charge >= 0.3 is 0 Å². The molecule has 1 fully saturated rings. The summed E-state index contributed by atoms with van der Waals surface area (Å²) in [6, 6.07) is 2.02. The van der Waals surface area contributed by atoms with E-state index >= 15 is 0 Å². The molecule has 116 valence electrons. The summed E-state index contributed by atoms with van der Waals surface area (Å²) in [5, 5.41) is 10.8. The van der Waals surface area contributed by atoms with E-state index in [2.05, 4.69) is 0 Å². The molecule has 1 aromatic carbocycles. The molecular weight excluding hydrogens is 301 g/mol. The molecular formula is C14H17ClFNO4. The quantitative estimate of drug-likeness (QED) is 0.599. The number of nitrogens with zero attached hydrogens (tertiary/aromatic N) is 1. The SMILES string of the molecule is O=[N+]([O-])c1cc(Cl)c(F)cc1C1OCCCCCCCO1. The minimum absolute atomic E-state index is 0.0717. The van der Waals surface area contributed by atoms with E-state index in [9.17, 15) is 14.5 Å². The predicted octanol–water partition coefficient (Wildman–Crippen LogP) is 4.38. The largest absolute Gasteiger partial charge is 0.348 e. The topological polar surface area (TPSA) is 61.6 Å². The first-order valence-corrected chi connectivity index (χ1v) is 7.34. The Morgan fingerprint density at radius 2 is 1.71 bits per heavy atom. The third kappa shape index (κ3) is 4.36. The molecule has 1 aliphatic heterocycles. The summed E-state index contributed by atoms with van der Waals surface area (Å²) in [5.74, 6) is -0.721. The van der Waals surface area contributed by atoms with Crippen LogP contribution in [0.2, 0.25) is 5.02 Å². The lowest BCUT2D eigenvalue weighted by molar-refractivity contribution is -0.387. The van der Waals surface area contributed by atoms with Crippen molar-refractivity contribution in [1.29, 1.82) is 0 Å². The fraction of sp³-hybridized carbons (Fsp3) is 0.571. The van der Waals surface area contributed by atoms with E-state index in [0.29, 0.717) is 13.2 Å². The number of benzene rings is 1. The maximum atomic E-state index is 13.6. The smallest absolute Gasteiger partial charge is 0.279 e. The number of nitro benzene ring substituents is 1. The Morgan fingerprint density at radius 3 is 2.29 bits per heavy atom. The summed E-state index contributed by atoms with van der Waals surface area (Å²) in [5.41, 5.74) is -0.217. The van der Waals surface area contributed by atoms with Crippen molar-refractivity contribution in [2.45, 2.75) is 38.4 Å². The maximum absolute atomic E-state index is 13.6. The molecule has 0 amide bonds. The van der Waals surface area contributed by atoms with Crippen molar-refractivity contribution in [1.82, 2.24) is 0 Å². The average molecular weight is 318 g/mol. The molecule has 0 radical (unpaired) electrons. The molecule has 0 aliphatic carbocycles. The van der Waals surface area contributed by atoms with Crippen LogP contribution in [0.15, 0.2) is 12.1 Å². The van der Waals surface area contributed by atoms with Crippen molar-refractivity contribution < 1.29 is 18.8 Å². The number of hydrogen-bond donors (Lipinski definition) is 0. The van der Waals surface area contributed by atoms with Gasteiger partial charge < -0.3 is 9.47 Å². The molecule has 1 heterocycles. The van der Waals surface area contributed by atoms with Crippen LogP contribution >= 0.6 is 11.6 Å². The van der Waals surface area contributed by atoms with Gasteiger partial charge in [-0.1, -0.05) is 30.9 Å². The molecule has 0 atom stereocenters. The van der Waals surface area contributed by atoms with Crippen molar-refractivity contribution in [3.63, 3.8) is 0 Å². The van der Waals surface area contributed by atoms with E-state index < -0.39 is 17.0 Å².